The molecule has 5 heteroatoms. The summed E-state index contributed by atoms with van der Waals surface area (Å²) in [5, 5.41) is 0. The van der Waals surface area contributed by atoms with E-state index < -0.39 is 0 Å². The van der Waals surface area contributed by atoms with Crippen LogP contribution in [0.4, 0.5) is 4.79 Å². The molecule has 110 valence electrons. The molecule has 2 N–H and O–H groups in total. The molecule has 0 saturated carbocycles. The first-order chi connectivity index (χ1) is 9.31. The third-order valence-electron chi connectivity index (χ3n) is 4.06. The molecular weight excluding hydrogens is 242 g/mol. The minimum atomic E-state index is 0.235. The van der Waals surface area contributed by atoms with Crippen molar-refractivity contribution in [3.05, 3.63) is 0 Å². The molecule has 0 spiro atoms. The quantitative estimate of drug-likeness (QED) is 0.843. The number of amides is 2. The van der Waals surface area contributed by atoms with E-state index >= 15 is 0 Å². The first-order valence-corrected chi connectivity index (χ1v) is 7.67. The molecule has 0 aromatic heterocycles. The minimum Gasteiger partial charge on any atom is -0.377 e. The zero-order chi connectivity index (χ0) is 13.5. The fourth-order valence-electron chi connectivity index (χ4n) is 2.91. The standard InChI is InChI=1S/C14H27N3O2/c15-7-12-19-13-5-10-17(11-6-13)14(18)16-8-3-1-2-4-9-16/h13H,1-12,15H2. The molecule has 0 radical (unpaired) electrons. The number of rotatable bonds is 3. The average molecular weight is 269 g/mol. The maximum absolute atomic E-state index is 12.4. The first kappa shape index (κ1) is 14.6. The maximum atomic E-state index is 12.4. The lowest BCUT2D eigenvalue weighted by atomic mass is 10.1. The number of urea groups is 1. The van der Waals surface area contributed by atoms with Crippen LogP contribution < -0.4 is 5.73 Å². The lowest BCUT2D eigenvalue weighted by Gasteiger charge is -2.35. The van der Waals surface area contributed by atoms with Crippen LogP contribution in [0.5, 0.6) is 0 Å². The van der Waals surface area contributed by atoms with Crippen molar-refractivity contribution < 1.29 is 9.53 Å². The molecule has 0 atom stereocenters. The summed E-state index contributed by atoms with van der Waals surface area (Å²) >= 11 is 0. The highest BCUT2D eigenvalue weighted by molar-refractivity contribution is 5.74. The van der Waals surface area contributed by atoms with Gasteiger partial charge in [-0.2, -0.15) is 0 Å². The summed E-state index contributed by atoms with van der Waals surface area (Å²) in [4.78, 5) is 16.4. The van der Waals surface area contributed by atoms with Gasteiger partial charge in [0, 0.05) is 32.7 Å². The fourth-order valence-corrected chi connectivity index (χ4v) is 2.91. The Morgan fingerprint density at radius 1 is 1.00 bits per heavy atom. The Labute approximate surface area is 116 Å². The second kappa shape index (κ2) is 7.70. The fraction of sp³-hybridized carbons (Fsp3) is 0.929. The predicted octanol–water partition coefficient (Wildman–Crippen LogP) is 1.42. The highest BCUT2D eigenvalue weighted by Gasteiger charge is 2.26. The summed E-state index contributed by atoms with van der Waals surface area (Å²) in [5.41, 5.74) is 5.44. The summed E-state index contributed by atoms with van der Waals surface area (Å²) < 4.78 is 5.65. The van der Waals surface area contributed by atoms with Crippen molar-refractivity contribution in [1.82, 2.24) is 9.80 Å². The smallest absolute Gasteiger partial charge is 0.320 e. The van der Waals surface area contributed by atoms with Crippen LogP contribution in [0.2, 0.25) is 0 Å². The molecule has 0 unspecified atom stereocenters. The topological polar surface area (TPSA) is 58.8 Å². The van der Waals surface area contributed by atoms with Crippen LogP contribution in [0, 0.1) is 0 Å². The van der Waals surface area contributed by atoms with Gasteiger partial charge in [0.2, 0.25) is 0 Å². The van der Waals surface area contributed by atoms with E-state index in [-0.39, 0.29) is 12.1 Å². The molecule has 2 heterocycles. The van der Waals surface area contributed by atoms with Gasteiger partial charge in [-0.05, 0) is 25.7 Å². The summed E-state index contributed by atoms with van der Waals surface area (Å²) in [6, 6.07) is 0.235. The molecule has 2 amide bonds. The molecule has 2 aliphatic rings. The third kappa shape index (κ3) is 4.35. The largest absolute Gasteiger partial charge is 0.377 e. The SMILES string of the molecule is NCCOC1CCN(C(=O)N2CCCCCC2)CC1. The van der Waals surface area contributed by atoms with Gasteiger partial charge in [-0.3, -0.25) is 0 Å². The van der Waals surface area contributed by atoms with E-state index in [4.69, 9.17) is 10.5 Å². The Bertz CT molecular complexity index is 270. The molecule has 5 nitrogen and oxygen atoms in total. The normalized spacial score (nSPS) is 22.4. The third-order valence-corrected chi connectivity index (χ3v) is 4.06. The summed E-state index contributed by atoms with van der Waals surface area (Å²) in [7, 11) is 0. The van der Waals surface area contributed by atoms with Gasteiger partial charge in [-0.25, -0.2) is 4.79 Å². The van der Waals surface area contributed by atoms with E-state index in [9.17, 15) is 4.79 Å². The van der Waals surface area contributed by atoms with Crippen LogP contribution in [0.3, 0.4) is 0 Å². The zero-order valence-corrected chi connectivity index (χ0v) is 11.9. The predicted molar refractivity (Wildman–Crippen MR) is 75.0 cm³/mol. The summed E-state index contributed by atoms with van der Waals surface area (Å²) in [6.45, 7) is 4.72. The average Bonchev–Trinajstić information content (AvgIpc) is 2.74. The second-order valence-corrected chi connectivity index (χ2v) is 5.53. The number of carbonyl (C=O) groups is 1. The van der Waals surface area contributed by atoms with E-state index in [2.05, 4.69) is 0 Å². The highest BCUT2D eigenvalue weighted by Crippen LogP contribution is 2.17. The number of nitrogens with two attached hydrogens (primary N) is 1. The van der Waals surface area contributed by atoms with E-state index in [1.807, 2.05) is 9.80 Å². The van der Waals surface area contributed by atoms with Crippen molar-refractivity contribution >= 4 is 6.03 Å². The molecule has 2 saturated heterocycles. The number of nitrogens with zero attached hydrogens (tertiary/aromatic N) is 2. The first-order valence-electron chi connectivity index (χ1n) is 7.67. The van der Waals surface area contributed by atoms with Gasteiger partial charge >= 0.3 is 6.03 Å². The lowest BCUT2D eigenvalue weighted by molar-refractivity contribution is 0.0157. The Hall–Kier alpha value is -0.810. The van der Waals surface area contributed by atoms with Gasteiger partial charge in [-0.15, -0.1) is 0 Å². The number of ether oxygens (including phenoxy) is 1. The molecule has 0 aromatic rings. The maximum Gasteiger partial charge on any atom is 0.320 e. The molecule has 2 rings (SSSR count). The lowest BCUT2D eigenvalue weighted by Crippen LogP contribution is -2.48. The van der Waals surface area contributed by atoms with E-state index in [1.165, 1.54) is 12.8 Å². The van der Waals surface area contributed by atoms with Crippen molar-refractivity contribution in [2.45, 2.75) is 44.6 Å². The molecule has 0 bridgehead atoms. The molecule has 2 fully saturated rings. The Balaban J connectivity index is 1.75. The van der Waals surface area contributed by atoms with Crippen LogP contribution in [-0.2, 0) is 4.74 Å². The number of likely N-dealkylation sites (tertiary alicyclic amines) is 2. The second-order valence-electron chi connectivity index (χ2n) is 5.53. The van der Waals surface area contributed by atoms with Crippen molar-refractivity contribution in [3.63, 3.8) is 0 Å². The van der Waals surface area contributed by atoms with Gasteiger partial charge in [0.1, 0.15) is 0 Å². The Morgan fingerprint density at radius 2 is 1.58 bits per heavy atom. The minimum absolute atomic E-state index is 0.235. The number of carbonyl (C=O) groups excluding carboxylic acids is 1. The van der Waals surface area contributed by atoms with E-state index in [1.54, 1.807) is 0 Å². The van der Waals surface area contributed by atoms with Crippen LogP contribution >= 0.6 is 0 Å². The van der Waals surface area contributed by atoms with Gasteiger partial charge in [0.15, 0.2) is 0 Å². The summed E-state index contributed by atoms with van der Waals surface area (Å²) in [6.07, 6.45) is 7.01. The molecule has 0 aliphatic carbocycles. The zero-order valence-electron chi connectivity index (χ0n) is 11.9. The highest BCUT2D eigenvalue weighted by atomic mass is 16.5. The van der Waals surface area contributed by atoms with Crippen molar-refractivity contribution in [2.75, 3.05) is 39.3 Å². The van der Waals surface area contributed by atoms with Crippen molar-refractivity contribution in [1.29, 1.82) is 0 Å². The van der Waals surface area contributed by atoms with Crippen molar-refractivity contribution in [2.24, 2.45) is 5.73 Å². The number of piperidine rings is 1. The number of hydrogen-bond acceptors (Lipinski definition) is 3. The van der Waals surface area contributed by atoms with Crippen LogP contribution in [0.25, 0.3) is 0 Å². The van der Waals surface area contributed by atoms with Gasteiger partial charge in [0.05, 0.1) is 12.7 Å². The molecule has 0 aromatic carbocycles. The monoisotopic (exact) mass is 269 g/mol. The van der Waals surface area contributed by atoms with Gasteiger partial charge in [-0.1, -0.05) is 12.8 Å². The molecule has 19 heavy (non-hydrogen) atoms. The molecular formula is C14H27N3O2. The van der Waals surface area contributed by atoms with Gasteiger partial charge in [0.25, 0.3) is 0 Å². The van der Waals surface area contributed by atoms with Crippen molar-refractivity contribution in [3.8, 4) is 0 Å². The van der Waals surface area contributed by atoms with Crippen LogP contribution in [-0.4, -0.2) is 61.3 Å². The molecule has 2 aliphatic heterocycles. The summed E-state index contributed by atoms with van der Waals surface area (Å²) in [5.74, 6) is 0. The van der Waals surface area contributed by atoms with Crippen LogP contribution in [0.15, 0.2) is 0 Å². The Kier molecular flexibility index (Phi) is 5.92. The van der Waals surface area contributed by atoms with E-state index in [0.29, 0.717) is 13.2 Å². The van der Waals surface area contributed by atoms with E-state index in [0.717, 1.165) is 51.9 Å². The van der Waals surface area contributed by atoms with Crippen LogP contribution in [0.1, 0.15) is 38.5 Å². The Morgan fingerprint density at radius 3 is 2.16 bits per heavy atom. The number of hydrogen-bond donors (Lipinski definition) is 1. The van der Waals surface area contributed by atoms with Gasteiger partial charge < -0.3 is 20.3 Å².